The van der Waals surface area contributed by atoms with Gasteiger partial charge in [-0.15, -0.1) is 0 Å². The van der Waals surface area contributed by atoms with Crippen molar-refractivity contribution in [3.05, 3.63) is 24.2 Å². The smallest absolute Gasteiger partial charge is 0.117 e. The second-order valence-electron chi connectivity index (χ2n) is 5.98. The highest BCUT2D eigenvalue weighted by Crippen LogP contribution is 2.32. The molecule has 108 valence electrons. The van der Waals surface area contributed by atoms with E-state index in [1.807, 2.05) is 6.07 Å². The summed E-state index contributed by atoms with van der Waals surface area (Å²) in [6.07, 6.45) is 7.17. The van der Waals surface area contributed by atoms with Gasteiger partial charge in [-0.3, -0.25) is 4.90 Å². The van der Waals surface area contributed by atoms with Crippen LogP contribution in [0.2, 0.25) is 0 Å². The molecule has 3 unspecified atom stereocenters. The molecule has 0 aliphatic heterocycles. The first kappa shape index (κ1) is 14.6. The fourth-order valence-electron chi connectivity index (χ4n) is 3.54. The van der Waals surface area contributed by atoms with Crippen LogP contribution in [0.25, 0.3) is 0 Å². The van der Waals surface area contributed by atoms with E-state index in [1.54, 1.807) is 6.26 Å². The van der Waals surface area contributed by atoms with E-state index in [4.69, 9.17) is 10.2 Å². The summed E-state index contributed by atoms with van der Waals surface area (Å²) in [6, 6.07) is 4.51. The number of likely N-dealkylation sites (N-methyl/N-ethyl adjacent to an activating group) is 1. The Bertz CT molecular complexity index is 350. The fourth-order valence-corrected chi connectivity index (χ4v) is 3.54. The molecule has 1 saturated carbocycles. The molecule has 1 heterocycles. The molecule has 3 heteroatoms. The zero-order valence-corrected chi connectivity index (χ0v) is 12.3. The molecule has 1 aliphatic carbocycles. The van der Waals surface area contributed by atoms with Gasteiger partial charge in [0.15, 0.2) is 0 Å². The van der Waals surface area contributed by atoms with E-state index in [9.17, 15) is 0 Å². The summed E-state index contributed by atoms with van der Waals surface area (Å²) < 4.78 is 5.49. The minimum atomic E-state index is 0.498. The monoisotopic (exact) mass is 264 g/mol. The molecule has 2 N–H and O–H groups in total. The Morgan fingerprint density at radius 2 is 2.32 bits per heavy atom. The van der Waals surface area contributed by atoms with Crippen LogP contribution in [-0.2, 0) is 6.54 Å². The summed E-state index contributed by atoms with van der Waals surface area (Å²) >= 11 is 0. The standard InChI is InChI=1S/C16H28N2O/c1-3-18(12-15-8-5-9-19-15)16(11-17)14-7-4-6-13(2)10-14/h5,8-9,13-14,16H,3-4,6-7,10-12,17H2,1-2H3. The van der Waals surface area contributed by atoms with E-state index < -0.39 is 0 Å². The minimum absolute atomic E-state index is 0.498. The van der Waals surface area contributed by atoms with Crippen molar-refractivity contribution in [1.29, 1.82) is 0 Å². The van der Waals surface area contributed by atoms with Crippen molar-refractivity contribution in [3.63, 3.8) is 0 Å². The summed E-state index contributed by atoms with van der Waals surface area (Å²) in [5.41, 5.74) is 6.08. The Morgan fingerprint density at radius 3 is 2.89 bits per heavy atom. The molecule has 1 aliphatic rings. The second-order valence-corrected chi connectivity index (χ2v) is 5.98. The zero-order valence-electron chi connectivity index (χ0n) is 12.3. The molecule has 0 radical (unpaired) electrons. The van der Waals surface area contributed by atoms with Crippen LogP contribution in [0.4, 0.5) is 0 Å². The SMILES string of the molecule is CCN(Cc1ccco1)C(CN)C1CCCC(C)C1. The first-order chi connectivity index (χ1) is 9.24. The maximum absolute atomic E-state index is 6.08. The van der Waals surface area contributed by atoms with Gasteiger partial charge in [-0.2, -0.15) is 0 Å². The summed E-state index contributed by atoms with van der Waals surface area (Å²) in [6.45, 7) is 7.27. The molecule has 3 atom stereocenters. The molecule has 2 rings (SSSR count). The van der Waals surface area contributed by atoms with Crippen LogP contribution in [-0.4, -0.2) is 24.0 Å². The minimum Gasteiger partial charge on any atom is -0.468 e. The van der Waals surface area contributed by atoms with Crippen LogP contribution < -0.4 is 5.73 Å². The third kappa shape index (κ3) is 3.83. The maximum Gasteiger partial charge on any atom is 0.117 e. The van der Waals surface area contributed by atoms with Crippen molar-refractivity contribution in [2.24, 2.45) is 17.6 Å². The third-order valence-electron chi connectivity index (χ3n) is 4.58. The predicted molar refractivity (Wildman–Crippen MR) is 78.8 cm³/mol. The lowest BCUT2D eigenvalue weighted by Crippen LogP contribution is -2.46. The van der Waals surface area contributed by atoms with Gasteiger partial charge in [0.1, 0.15) is 5.76 Å². The molecule has 19 heavy (non-hydrogen) atoms. The molecule has 0 saturated heterocycles. The van der Waals surface area contributed by atoms with Gasteiger partial charge in [0, 0.05) is 12.6 Å². The number of furan rings is 1. The molecule has 0 aromatic carbocycles. The largest absolute Gasteiger partial charge is 0.468 e. The lowest BCUT2D eigenvalue weighted by atomic mass is 9.78. The highest BCUT2D eigenvalue weighted by atomic mass is 16.3. The highest BCUT2D eigenvalue weighted by molar-refractivity contribution is 4.99. The lowest BCUT2D eigenvalue weighted by Gasteiger charge is -2.39. The van der Waals surface area contributed by atoms with E-state index in [-0.39, 0.29) is 0 Å². The summed E-state index contributed by atoms with van der Waals surface area (Å²) in [4.78, 5) is 2.49. The van der Waals surface area contributed by atoms with E-state index in [1.165, 1.54) is 25.7 Å². The summed E-state index contributed by atoms with van der Waals surface area (Å²) in [7, 11) is 0. The van der Waals surface area contributed by atoms with Gasteiger partial charge >= 0.3 is 0 Å². The first-order valence-electron chi connectivity index (χ1n) is 7.71. The van der Waals surface area contributed by atoms with E-state index in [0.29, 0.717) is 6.04 Å². The van der Waals surface area contributed by atoms with Crippen LogP contribution >= 0.6 is 0 Å². The lowest BCUT2D eigenvalue weighted by molar-refractivity contribution is 0.0999. The molecule has 0 amide bonds. The molecule has 1 aromatic rings. The number of nitrogens with two attached hydrogens (primary N) is 1. The van der Waals surface area contributed by atoms with Gasteiger partial charge in [0.25, 0.3) is 0 Å². The molecule has 0 bridgehead atoms. The van der Waals surface area contributed by atoms with Gasteiger partial charge in [0.2, 0.25) is 0 Å². The van der Waals surface area contributed by atoms with Gasteiger partial charge < -0.3 is 10.2 Å². The second kappa shape index (κ2) is 7.11. The van der Waals surface area contributed by atoms with Crippen LogP contribution in [0.15, 0.2) is 22.8 Å². The molecule has 1 aromatic heterocycles. The molecular formula is C16H28N2O. The number of nitrogens with zero attached hydrogens (tertiary/aromatic N) is 1. The van der Waals surface area contributed by atoms with Crippen LogP contribution in [0, 0.1) is 11.8 Å². The first-order valence-corrected chi connectivity index (χ1v) is 7.71. The van der Waals surface area contributed by atoms with Crippen molar-refractivity contribution in [3.8, 4) is 0 Å². The van der Waals surface area contributed by atoms with E-state index >= 15 is 0 Å². The van der Waals surface area contributed by atoms with Gasteiger partial charge in [-0.1, -0.05) is 26.7 Å². The highest BCUT2D eigenvalue weighted by Gasteiger charge is 2.29. The average molecular weight is 264 g/mol. The summed E-state index contributed by atoms with van der Waals surface area (Å²) in [5.74, 6) is 2.66. The number of rotatable bonds is 6. The van der Waals surface area contributed by atoms with Crippen molar-refractivity contribution in [1.82, 2.24) is 4.90 Å². The Balaban J connectivity index is 2.00. The molecule has 1 fully saturated rings. The topological polar surface area (TPSA) is 42.4 Å². The third-order valence-corrected chi connectivity index (χ3v) is 4.58. The van der Waals surface area contributed by atoms with Crippen molar-refractivity contribution in [2.45, 2.75) is 52.1 Å². The summed E-state index contributed by atoms with van der Waals surface area (Å²) in [5, 5.41) is 0. The van der Waals surface area contributed by atoms with Crippen LogP contribution in [0.1, 0.15) is 45.3 Å². The maximum atomic E-state index is 6.08. The average Bonchev–Trinajstić information content (AvgIpc) is 2.91. The van der Waals surface area contributed by atoms with Crippen molar-refractivity contribution >= 4 is 0 Å². The molecule has 0 spiro atoms. The predicted octanol–water partition coefficient (Wildman–Crippen LogP) is 3.26. The van der Waals surface area contributed by atoms with Gasteiger partial charge in [0.05, 0.1) is 12.8 Å². The Hall–Kier alpha value is -0.800. The normalized spacial score (nSPS) is 25.7. The number of hydrogen-bond donors (Lipinski definition) is 1. The van der Waals surface area contributed by atoms with Gasteiger partial charge in [-0.05, 0) is 43.4 Å². The van der Waals surface area contributed by atoms with Crippen molar-refractivity contribution in [2.75, 3.05) is 13.1 Å². The Labute approximate surface area is 117 Å². The quantitative estimate of drug-likeness (QED) is 0.857. The van der Waals surface area contributed by atoms with Gasteiger partial charge in [-0.25, -0.2) is 0 Å². The van der Waals surface area contributed by atoms with E-state index in [2.05, 4.69) is 24.8 Å². The number of hydrogen-bond acceptors (Lipinski definition) is 3. The Morgan fingerprint density at radius 1 is 1.47 bits per heavy atom. The Kier molecular flexibility index (Phi) is 5.46. The van der Waals surface area contributed by atoms with Crippen molar-refractivity contribution < 1.29 is 4.42 Å². The molecule has 3 nitrogen and oxygen atoms in total. The van der Waals surface area contributed by atoms with Crippen LogP contribution in [0.3, 0.4) is 0 Å². The zero-order chi connectivity index (χ0) is 13.7. The molecular weight excluding hydrogens is 236 g/mol. The van der Waals surface area contributed by atoms with Crippen LogP contribution in [0.5, 0.6) is 0 Å². The van der Waals surface area contributed by atoms with E-state index in [0.717, 1.165) is 37.2 Å². The fraction of sp³-hybridized carbons (Fsp3) is 0.750.